The average molecular weight is 363 g/mol. The van der Waals surface area contributed by atoms with Crippen LogP contribution in [-0.2, 0) is 11.3 Å². The number of carbonyl (C=O) groups excluding carboxylic acids is 1. The summed E-state index contributed by atoms with van der Waals surface area (Å²) in [7, 11) is 3.22. The van der Waals surface area contributed by atoms with Crippen LogP contribution in [0.5, 0.6) is 11.5 Å². The number of amides is 1. The van der Waals surface area contributed by atoms with Crippen LogP contribution in [0.4, 0.5) is 5.69 Å². The summed E-state index contributed by atoms with van der Waals surface area (Å²) in [5.74, 6) is 1.38. The minimum Gasteiger partial charge on any atom is -0.497 e. The minimum atomic E-state index is -0.0869. The quantitative estimate of drug-likeness (QED) is 0.775. The van der Waals surface area contributed by atoms with E-state index in [1.165, 1.54) is 0 Å². The molecule has 2 aromatic rings. The Kier molecular flexibility index (Phi) is 7.10. The molecule has 0 saturated heterocycles. The van der Waals surface area contributed by atoms with E-state index in [1.807, 2.05) is 42.2 Å². The van der Waals surface area contributed by atoms with Gasteiger partial charge in [-0.05, 0) is 36.9 Å². The van der Waals surface area contributed by atoms with Crippen molar-refractivity contribution in [2.24, 2.45) is 0 Å². The van der Waals surface area contributed by atoms with E-state index >= 15 is 0 Å². The lowest BCUT2D eigenvalue weighted by molar-refractivity contribution is -0.117. The number of ether oxygens (including phenoxy) is 2. The second kappa shape index (κ2) is 9.30. The zero-order valence-corrected chi connectivity index (χ0v) is 15.5. The Morgan fingerprint density at radius 1 is 1.16 bits per heavy atom. The van der Waals surface area contributed by atoms with Gasteiger partial charge in [0, 0.05) is 28.9 Å². The molecule has 0 aromatic heterocycles. The molecule has 0 fully saturated rings. The van der Waals surface area contributed by atoms with Crippen LogP contribution in [-0.4, -0.2) is 38.1 Å². The fourth-order valence-corrected chi connectivity index (χ4v) is 2.69. The number of anilines is 1. The maximum Gasteiger partial charge on any atom is 0.238 e. The number of hydrogen-bond donors (Lipinski definition) is 1. The van der Waals surface area contributed by atoms with Crippen LogP contribution in [0, 0.1) is 0 Å². The summed E-state index contributed by atoms with van der Waals surface area (Å²) in [4.78, 5) is 14.4. The molecule has 0 unspecified atom stereocenters. The molecule has 0 aliphatic rings. The van der Waals surface area contributed by atoms with Crippen LogP contribution in [0.3, 0.4) is 0 Å². The summed E-state index contributed by atoms with van der Waals surface area (Å²) in [6, 6.07) is 12.8. The minimum absolute atomic E-state index is 0.0869. The van der Waals surface area contributed by atoms with Crippen molar-refractivity contribution in [2.75, 3.05) is 32.6 Å². The number of hydrogen-bond acceptors (Lipinski definition) is 4. The summed E-state index contributed by atoms with van der Waals surface area (Å²) in [6.07, 6.45) is 0. The second-order valence-electron chi connectivity index (χ2n) is 5.54. The molecule has 0 heterocycles. The van der Waals surface area contributed by atoms with E-state index in [4.69, 9.17) is 21.1 Å². The number of rotatable bonds is 8. The van der Waals surface area contributed by atoms with E-state index in [0.717, 1.165) is 17.9 Å². The van der Waals surface area contributed by atoms with E-state index in [0.29, 0.717) is 23.0 Å². The molecule has 134 valence electrons. The van der Waals surface area contributed by atoms with Crippen LogP contribution in [0.1, 0.15) is 12.5 Å². The number of nitrogens with one attached hydrogen (secondary N) is 1. The first-order valence-corrected chi connectivity index (χ1v) is 8.42. The van der Waals surface area contributed by atoms with Gasteiger partial charge in [-0.15, -0.1) is 0 Å². The third-order valence-electron chi connectivity index (χ3n) is 3.80. The maximum atomic E-state index is 12.3. The molecule has 2 rings (SSSR count). The van der Waals surface area contributed by atoms with Gasteiger partial charge in [-0.1, -0.05) is 24.6 Å². The first-order chi connectivity index (χ1) is 12.0. The lowest BCUT2D eigenvalue weighted by atomic mass is 10.2. The molecule has 5 nitrogen and oxygen atoms in total. The predicted octanol–water partition coefficient (Wildman–Crippen LogP) is 3.82. The number of likely N-dealkylation sites (N-methyl/N-ethyl adjacent to an activating group) is 1. The van der Waals surface area contributed by atoms with E-state index in [-0.39, 0.29) is 12.5 Å². The number of methoxy groups -OCH3 is 2. The van der Waals surface area contributed by atoms with Crippen LogP contribution in [0.15, 0.2) is 42.5 Å². The monoisotopic (exact) mass is 362 g/mol. The molecule has 0 aliphatic carbocycles. The molecular formula is C19H23ClN2O3. The Bertz CT molecular complexity index is 722. The van der Waals surface area contributed by atoms with Crippen molar-refractivity contribution in [3.8, 4) is 11.5 Å². The van der Waals surface area contributed by atoms with Gasteiger partial charge in [0.1, 0.15) is 11.5 Å². The van der Waals surface area contributed by atoms with E-state index in [1.54, 1.807) is 26.4 Å². The van der Waals surface area contributed by atoms with Gasteiger partial charge in [-0.3, -0.25) is 9.69 Å². The topological polar surface area (TPSA) is 50.8 Å². The van der Waals surface area contributed by atoms with Gasteiger partial charge in [0.05, 0.1) is 20.8 Å². The molecule has 0 bridgehead atoms. The molecule has 6 heteroatoms. The van der Waals surface area contributed by atoms with Gasteiger partial charge in [0.2, 0.25) is 5.91 Å². The molecule has 0 spiro atoms. The van der Waals surface area contributed by atoms with Gasteiger partial charge in [-0.25, -0.2) is 0 Å². The summed E-state index contributed by atoms with van der Waals surface area (Å²) in [6.45, 7) is 3.58. The fraction of sp³-hybridized carbons (Fsp3) is 0.316. The third kappa shape index (κ3) is 5.66. The zero-order valence-electron chi connectivity index (χ0n) is 14.7. The molecule has 0 saturated carbocycles. The van der Waals surface area contributed by atoms with Crippen molar-refractivity contribution in [3.63, 3.8) is 0 Å². The van der Waals surface area contributed by atoms with Crippen molar-refractivity contribution in [3.05, 3.63) is 53.1 Å². The third-order valence-corrected chi connectivity index (χ3v) is 4.04. The average Bonchev–Trinajstić information content (AvgIpc) is 2.61. The largest absolute Gasteiger partial charge is 0.497 e. The highest BCUT2D eigenvalue weighted by Crippen LogP contribution is 2.24. The zero-order chi connectivity index (χ0) is 18.2. The normalized spacial score (nSPS) is 10.6. The lowest BCUT2D eigenvalue weighted by Gasteiger charge is -2.21. The van der Waals surface area contributed by atoms with Crippen LogP contribution < -0.4 is 14.8 Å². The number of carbonyl (C=O) groups is 1. The van der Waals surface area contributed by atoms with E-state index < -0.39 is 0 Å². The fourth-order valence-electron chi connectivity index (χ4n) is 2.50. The van der Waals surface area contributed by atoms with Gasteiger partial charge in [0.25, 0.3) is 0 Å². The Balaban J connectivity index is 2.01. The first-order valence-electron chi connectivity index (χ1n) is 8.04. The van der Waals surface area contributed by atoms with Crippen molar-refractivity contribution in [1.29, 1.82) is 0 Å². The van der Waals surface area contributed by atoms with Crippen LogP contribution in [0.2, 0.25) is 5.02 Å². The molecule has 1 amide bonds. The number of nitrogens with zero attached hydrogens (tertiary/aromatic N) is 1. The summed E-state index contributed by atoms with van der Waals surface area (Å²) >= 11 is 6.08. The standard InChI is InChI=1S/C19H23ClN2O3/c1-4-22(12-14-10-15(20)8-9-18(14)25-3)13-19(23)21-16-6-5-7-17(11-16)24-2/h5-11H,4,12-13H2,1-3H3,(H,21,23). The van der Waals surface area contributed by atoms with Gasteiger partial charge in [0.15, 0.2) is 0 Å². The van der Waals surface area contributed by atoms with Gasteiger partial charge < -0.3 is 14.8 Å². The van der Waals surface area contributed by atoms with Crippen molar-refractivity contribution in [2.45, 2.75) is 13.5 Å². The highest BCUT2D eigenvalue weighted by molar-refractivity contribution is 6.30. The summed E-state index contributed by atoms with van der Waals surface area (Å²) in [5.41, 5.74) is 1.66. The van der Waals surface area contributed by atoms with Crippen molar-refractivity contribution >= 4 is 23.2 Å². The SMILES string of the molecule is CCN(CC(=O)Nc1cccc(OC)c1)Cc1cc(Cl)ccc1OC. The first kappa shape index (κ1) is 19.1. The number of benzene rings is 2. The van der Waals surface area contributed by atoms with Crippen LogP contribution >= 0.6 is 11.6 Å². The molecule has 25 heavy (non-hydrogen) atoms. The van der Waals surface area contributed by atoms with E-state index in [2.05, 4.69) is 5.32 Å². The molecular weight excluding hydrogens is 340 g/mol. The molecule has 1 N–H and O–H groups in total. The Labute approximate surface area is 153 Å². The smallest absolute Gasteiger partial charge is 0.238 e. The molecule has 2 aromatic carbocycles. The molecule has 0 radical (unpaired) electrons. The second-order valence-corrected chi connectivity index (χ2v) is 5.98. The lowest BCUT2D eigenvalue weighted by Crippen LogP contribution is -2.32. The van der Waals surface area contributed by atoms with E-state index in [9.17, 15) is 4.79 Å². The highest BCUT2D eigenvalue weighted by Gasteiger charge is 2.13. The predicted molar refractivity (Wildman–Crippen MR) is 101 cm³/mol. The molecule has 0 aliphatic heterocycles. The maximum absolute atomic E-state index is 12.3. The summed E-state index contributed by atoms with van der Waals surface area (Å²) in [5, 5.41) is 3.54. The van der Waals surface area contributed by atoms with Crippen molar-refractivity contribution in [1.82, 2.24) is 4.90 Å². The molecule has 0 atom stereocenters. The van der Waals surface area contributed by atoms with Crippen LogP contribution in [0.25, 0.3) is 0 Å². The summed E-state index contributed by atoms with van der Waals surface area (Å²) < 4.78 is 10.5. The van der Waals surface area contributed by atoms with Gasteiger partial charge >= 0.3 is 0 Å². The Morgan fingerprint density at radius 2 is 1.96 bits per heavy atom. The highest BCUT2D eigenvalue weighted by atomic mass is 35.5. The van der Waals surface area contributed by atoms with Gasteiger partial charge in [-0.2, -0.15) is 0 Å². The Morgan fingerprint density at radius 3 is 2.64 bits per heavy atom. The Hall–Kier alpha value is -2.24. The number of halogens is 1. The van der Waals surface area contributed by atoms with Crippen molar-refractivity contribution < 1.29 is 14.3 Å².